The molecule has 1 aliphatic rings. The highest BCUT2D eigenvalue weighted by Gasteiger charge is 2.14. The second-order valence-corrected chi connectivity index (χ2v) is 7.28. The number of piperidine rings is 1. The maximum Gasteiger partial charge on any atom is 0.251 e. The van der Waals surface area contributed by atoms with Gasteiger partial charge in [0.25, 0.3) is 5.91 Å². The smallest absolute Gasteiger partial charge is 0.251 e. The Hall–Kier alpha value is -2.08. The molecule has 2 rings (SSSR count). The number of aliphatic imine (C=N–C) groups is 1. The Bertz CT molecular complexity index is 591. The van der Waals surface area contributed by atoms with Crippen molar-refractivity contribution in [1.29, 1.82) is 0 Å². The van der Waals surface area contributed by atoms with Gasteiger partial charge in [-0.2, -0.15) is 0 Å². The van der Waals surface area contributed by atoms with Crippen LogP contribution in [0.1, 0.15) is 49.0 Å². The summed E-state index contributed by atoms with van der Waals surface area (Å²) in [6.07, 6.45) is 3.78. The Morgan fingerprint density at radius 3 is 2.52 bits per heavy atom. The molecule has 0 aromatic heterocycles. The first-order valence-corrected chi connectivity index (χ1v) is 10.2. The molecule has 1 amide bonds. The Morgan fingerprint density at radius 2 is 1.89 bits per heavy atom. The van der Waals surface area contributed by atoms with Gasteiger partial charge in [0.05, 0.1) is 6.54 Å². The molecule has 0 radical (unpaired) electrons. The summed E-state index contributed by atoms with van der Waals surface area (Å²) in [4.78, 5) is 18.8. The normalized spacial score (nSPS) is 16.2. The molecule has 0 aliphatic carbocycles. The van der Waals surface area contributed by atoms with E-state index in [4.69, 9.17) is 0 Å². The van der Waals surface area contributed by atoms with Crippen LogP contribution in [0.2, 0.25) is 0 Å². The number of guanidine groups is 1. The molecule has 6 nitrogen and oxygen atoms in total. The van der Waals surface area contributed by atoms with E-state index in [1.54, 1.807) is 7.05 Å². The van der Waals surface area contributed by atoms with Gasteiger partial charge in [0, 0.05) is 25.7 Å². The number of likely N-dealkylation sites (tertiary alicyclic amines) is 1. The molecule has 6 heteroatoms. The quantitative estimate of drug-likeness (QED) is 0.371. The van der Waals surface area contributed by atoms with Gasteiger partial charge in [-0.3, -0.25) is 4.79 Å². The lowest BCUT2D eigenvalue weighted by Crippen LogP contribution is -2.39. The molecule has 0 spiro atoms. The highest BCUT2D eigenvalue weighted by Crippen LogP contribution is 2.15. The van der Waals surface area contributed by atoms with E-state index in [1.165, 1.54) is 25.9 Å². The fraction of sp³-hybridized carbons (Fsp3) is 0.619. The summed E-state index contributed by atoms with van der Waals surface area (Å²) in [7, 11) is 1.64. The third-order valence-electron chi connectivity index (χ3n) is 5.03. The van der Waals surface area contributed by atoms with Crippen molar-refractivity contribution in [2.75, 3.05) is 39.8 Å². The molecule has 1 saturated heterocycles. The summed E-state index contributed by atoms with van der Waals surface area (Å²) >= 11 is 0. The first-order valence-electron chi connectivity index (χ1n) is 10.2. The van der Waals surface area contributed by atoms with Crippen LogP contribution in [0.5, 0.6) is 0 Å². The highest BCUT2D eigenvalue weighted by molar-refractivity contribution is 5.93. The molecule has 150 valence electrons. The highest BCUT2D eigenvalue weighted by atomic mass is 16.1. The van der Waals surface area contributed by atoms with Gasteiger partial charge in [-0.05, 0) is 69.4 Å². The second-order valence-electron chi connectivity index (χ2n) is 7.28. The van der Waals surface area contributed by atoms with Crippen molar-refractivity contribution in [3.8, 4) is 0 Å². The van der Waals surface area contributed by atoms with Crippen LogP contribution in [0.3, 0.4) is 0 Å². The van der Waals surface area contributed by atoms with Crippen LogP contribution in [0.4, 0.5) is 0 Å². The lowest BCUT2D eigenvalue weighted by molar-refractivity contribution is 0.0963. The number of nitrogens with one attached hydrogen (secondary N) is 3. The molecule has 1 aromatic rings. The summed E-state index contributed by atoms with van der Waals surface area (Å²) in [5.41, 5.74) is 1.75. The van der Waals surface area contributed by atoms with Crippen LogP contribution < -0.4 is 16.0 Å². The largest absolute Gasteiger partial charge is 0.357 e. The van der Waals surface area contributed by atoms with Crippen LogP contribution in [0.25, 0.3) is 0 Å². The second kappa shape index (κ2) is 11.6. The number of amides is 1. The van der Waals surface area contributed by atoms with Gasteiger partial charge in [0.2, 0.25) is 0 Å². The van der Waals surface area contributed by atoms with E-state index in [-0.39, 0.29) is 5.91 Å². The topological polar surface area (TPSA) is 68.8 Å². The molecule has 3 N–H and O–H groups in total. The summed E-state index contributed by atoms with van der Waals surface area (Å²) in [5, 5.41) is 9.36. The molecule has 1 fully saturated rings. The number of nitrogens with zero attached hydrogens (tertiary/aromatic N) is 2. The monoisotopic (exact) mass is 373 g/mol. The van der Waals surface area contributed by atoms with E-state index < -0.39 is 0 Å². The molecule has 0 atom stereocenters. The van der Waals surface area contributed by atoms with E-state index in [0.717, 1.165) is 43.5 Å². The maximum absolute atomic E-state index is 11.6. The Labute approximate surface area is 163 Å². The minimum Gasteiger partial charge on any atom is -0.357 e. The standard InChI is InChI=1S/C21H35N5O/c1-4-23-21(24-12-5-13-26-14-10-17(2)11-15-26)25-16-18-6-8-19(9-7-18)20(27)22-3/h6-9,17H,4-5,10-16H2,1-3H3,(H,22,27)(H2,23,24,25). The predicted molar refractivity (Wildman–Crippen MR) is 112 cm³/mol. The van der Waals surface area contributed by atoms with Crippen LogP contribution >= 0.6 is 0 Å². The minimum absolute atomic E-state index is 0.0665. The fourth-order valence-electron chi connectivity index (χ4n) is 3.21. The van der Waals surface area contributed by atoms with Gasteiger partial charge in [-0.15, -0.1) is 0 Å². The lowest BCUT2D eigenvalue weighted by Gasteiger charge is -2.30. The van der Waals surface area contributed by atoms with Crippen molar-refractivity contribution >= 4 is 11.9 Å². The molecule has 0 unspecified atom stereocenters. The minimum atomic E-state index is -0.0665. The molecule has 1 heterocycles. The lowest BCUT2D eigenvalue weighted by atomic mass is 9.99. The van der Waals surface area contributed by atoms with Gasteiger partial charge >= 0.3 is 0 Å². The van der Waals surface area contributed by atoms with Crippen molar-refractivity contribution in [3.63, 3.8) is 0 Å². The van der Waals surface area contributed by atoms with Crippen LogP contribution in [0, 0.1) is 5.92 Å². The SMILES string of the molecule is CCNC(=NCc1ccc(C(=O)NC)cc1)NCCCN1CCC(C)CC1. The molecule has 0 saturated carbocycles. The summed E-state index contributed by atoms with van der Waals surface area (Å²) in [5.74, 6) is 1.67. The average molecular weight is 374 g/mol. The maximum atomic E-state index is 11.6. The van der Waals surface area contributed by atoms with Crippen molar-refractivity contribution in [2.45, 2.75) is 39.7 Å². The number of carbonyl (C=O) groups excluding carboxylic acids is 1. The van der Waals surface area contributed by atoms with E-state index in [0.29, 0.717) is 12.1 Å². The summed E-state index contributed by atoms with van der Waals surface area (Å²) in [6.45, 7) is 10.4. The molecular weight excluding hydrogens is 338 g/mol. The summed E-state index contributed by atoms with van der Waals surface area (Å²) in [6, 6.07) is 7.58. The zero-order valence-electron chi connectivity index (χ0n) is 17.1. The number of rotatable bonds is 8. The van der Waals surface area contributed by atoms with Gasteiger partial charge < -0.3 is 20.9 Å². The molecule has 0 bridgehead atoms. The number of carbonyl (C=O) groups is 1. The van der Waals surface area contributed by atoms with Crippen LogP contribution in [-0.4, -0.2) is 56.5 Å². The first-order chi connectivity index (χ1) is 13.1. The predicted octanol–water partition coefficient (Wildman–Crippen LogP) is 2.22. The van der Waals surface area contributed by atoms with E-state index >= 15 is 0 Å². The average Bonchev–Trinajstić information content (AvgIpc) is 2.70. The van der Waals surface area contributed by atoms with Gasteiger partial charge in [0.1, 0.15) is 0 Å². The number of hydrogen-bond donors (Lipinski definition) is 3. The van der Waals surface area contributed by atoms with E-state index in [1.807, 2.05) is 24.3 Å². The molecular formula is C21H35N5O. The van der Waals surface area contributed by atoms with Gasteiger partial charge in [-0.25, -0.2) is 4.99 Å². The Kier molecular flexibility index (Phi) is 9.11. The molecule has 1 aromatic carbocycles. The first kappa shape index (κ1) is 21.2. The fourth-order valence-corrected chi connectivity index (χ4v) is 3.21. The van der Waals surface area contributed by atoms with Gasteiger partial charge in [0.15, 0.2) is 5.96 Å². The zero-order valence-corrected chi connectivity index (χ0v) is 17.1. The Morgan fingerprint density at radius 1 is 1.19 bits per heavy atom. The third-order valence-corrected chi connectivity index (χ3v) is 5.03. The Balaban J connectivity index is 1.75. The molecule has 1 aliphatic heterocycles. The molecule has 27 heavy (non-hydrogen) atoms. The number of hydrogen-bond acceptors (Lipinski definition) is 3. The van der Waals surface area contributed by atoms with E-state index in [9.17, 15) is 4.79 Å². The van der Waals surface area contributed by atoms with Crippen LogP contribution in [-0.2, 0) is 6.54 Å². The third kappa shape index (κ3) is 7.59. The van der Waals surface area contributed by atoms with Crippen molar-refractivity contribution in [1.82, 2.24) is 20.9 Å². The van der Waals surface area contributed by atoms with Crippen molar-refractivity contribution in [2.24, 2.45) is 10.9 Å². The van der Waals surface area contributed by atoms with Crippen molar-refractivity contribution < 1.29 is 4.79 Å². The van der Waals surface area contributed by atoms with Gasteiger partial charge in [-0.1, -0.05) is 19.1 Å². The van der Waals surface area contributed by atoms with Crippen LogP contribution in [0.15, 0.2) is 29.3 Å². The van der Waals surface area contributed by atoms with Crippen molar-refractivity contribution in [3.05, 3.63) is 35.4 Å². The number of benzene rings is 1. The van der Waals surface area contributed by atoms with E-state index in [2.05, 4.69) is 39.7 Å². The summed E-state index contributed by atoms with van der Waals surface area (Å²) < 4.78 is 0. The zero-order chi connectivity index (χ0) is 19.5.